The standard InChI is InChI=1S/C17H25N5O2/c1-11-7-13(20-17(24)21-14-8-15(23)18-9-14)10-19-16(11)22-6-4-3-5-12(22)2/h7,10,12,14H,3-6,8-9H2,1-2H3,(H,18,23)(H2,20,21,24)/t12-,14+/m0/s1. The van der Waals surface area contributed by atoms with E-state index in [1.54, 1.807) is 6.20 Å². The van der Waals surface area contributed by atoms with Gasteiger partial charge in [-0.3, -0.25) is 4.79 Å². The van der Waals surface area contributed by atoms with Gasteiger partial charge in [0, 0.05) is 25.6 Å². The zero-order chi connectivity index (χ0) is 17.1. The highest BCUT2D eigenvalue weighted by atomic mass is 16.2. The number of aryl methyl sites for hydroxylation is 1. The van der Waals surface area contributed by atoms with Crippen LogP contribution in [0.5, 0.6) is 0 Å². The number of nitrogens with one attached hydrogen (secondary N) is 3. The van der Waals surface area contributed by atoms with Crippen LogP contribution in [0.25, 0.3) is 0 Å². The van der Waals surface area contributed by atoms with Crippen LogP contribution in [-0.2, 0) is 4.79 Å². The normalized spacial score (nSPS) is 23.8. The van der Waals surface area contributed by atoms with E-state index in [1.165, 1.54) is 19.3 Å². The Labute approximate surface area is 142 Å². The van der Waals surface area contributed by atoms with Crippen LogP contribution in [0.3, 0.4) is 0 Å². The number of piperidine rings is 1. The number of carbonyl (C=O) groups excluding carboxylic acids is 2. The van der Waals surface area contributed by atoms with Gasteiger partial charge in [0.1, 0.15) is 5.82 Å². The third kappa shape index (κ3) is 3.77. The van der Waals surface area contributed by atoms with E-state index in [4.69, 9.17) is 0 Å². The lowest BCUT2D eigenvalue weighted by molar-refractivity contribution is -0.119. The summed E-state index contributed by atoms with van der Waals surface area (Å²) >= 11 is 0. The maximum absolute atomic E-state index is 12.0. The van der Waals surface area contributed by atoms with E-state index in [1.807, 2.05) is 13.0 Å². The summed E-state index contributed by atoms with van der Waals surface area (Å²) in [6, 6.07) is 1.98. The van der Waals surface area contributed by atoms with Gasteiger partial charge in [-0.05, 0) is 44.7 Å². The van der Waals surface area contributed by atoms with E-state index in [0.29, 0.717) is 24.7 Å². The quantitative estimate of drug-likeness (QED) is 0.788. The molecule has 3 heterocycles. The van der Waals surface area contributed by atoms with E-state index in [2.05, 4.69) is 32.8 Å². The van der Waals surface area contributed by atoms with Crippen molar-refractivity contribution in [3.05, 3.63) is 17.8 Å². The predicted molar refractivity (Wildman–Crippen MR) is 93.2 cm³/mol. The number of pyridine rings is 1. The summed E-state index contributed by atoms with van der Waals surface area (Å²) in [7, 11) is 0. The Morgan fingerprint density at radius 3 is 2.92 bits per heavy atom. The third-order valence-corrected chi connectivity index (χ3v) is 4.70. The maximum atomic E-state index is 12.0. The number of amides is 3. The van der Waals surface area contributed by atoms with Gasteiger partial charge in [-0.15, -0.1) is 0 Å². The Hall–Kier alpha value is -2.31. The molecule has 2 fully saturated rings. The van der Waals surface area contributed by atoms with Crippen molar-refractivity contribution in [1.29, 1.82) is 0 Å². The number of hydrogen-bond donors (Lipinski definition) is 3. The van der Waals surface area contributed by atoms with E-state index < -0.39 is 0 Å². The summed E-state index contributed by atoms with van der Waals surface area (Å²) in [6.45, 7) is 5.77. The number of aromatic nitrogens is 1. The summed E-state index contributed by atoms with van der Waals surface area (Å²) in [5, 5.41) is 8.28. The molecule has 0 aromatic carbocycles. The molecule has 2 aliphatic heterocycles. The largest absolute Gasteiger partial charge is 0.354 e. The highest BCUT2D eigenvalue weighted by Gasteiger charge is 2.23. The molecular weight excluding hydrogens is 306 g/mol. The third-order valence-electron chi connectivity index (χ3n) is 4.70. The van der Waals surface area contributed by atoms with Gasteiger partial charge in [0.05, 0.1) is 17.9 Å². The lowest BCUT2D eigenvalue weighted by Gasteiger charge is -2.35. The maximum Gasteiger partial charge on any atom is 0.319 e. The predicted octanol–water partition coefficient (Wildman–Crippen LogP) is 1.78. The summed E-state index contributed by atoms with van der Waals surface area (Å²) in [5.41, 5.74) is 1.72. The fourth-order valence-electron chi connectivity index (χ4n) is 3.41. The van der Waals surface area contributed by atoms with Crippen LogP contribution >= 0.6 is 0 Å². The van der Waals surface area contributed by atoms with Gasteiger partial charge in [-0.2, -0.15) is 0 Å². The number of carbonyl (C=O) groups is 2. The van der Waals surface area contributed by atoms with E-state index in [0.717, 1.165) is 17.9 Å². The minimum atomic E-state index is -0.309. The van der Waals surface area contributed by atoms with E-state index >= 15 is 0 Å². The fraction of sp³-hybridized carbons (Fsp3) is 0.588. The Kier molecular flexibility index (Phi) is 4.87. The number of hydrogen-bond acceptors (Lipinski definition) is 4. The summed E-state index contributed by atoms with van der Waals surface area (Å²) in [5.74, 6) is 0.969. The molecule has 1 aromatic rings. The van der Waals surface area contributed by atoms with Crippen LogP contribution in [0.1, 0.15) is 38.2 Å². The first-order valence-electron chi connectivity index (χ1n) is 8.60. The minimum Gasteiger partial charge on any atom is -0.354 e. The number of anilines is 2. The van der Waals surface area contributed by atoms with Crippen LogP contribution in [0.2, 0.25) is 0 Å². The monoisotopic (exact) mass is 331 g/mol. The molecule has 0 spiro atoms. The van der Waals surface area contributed by atoms with Gasteiger partial charge >= 0.3 is 6.03 Å². The zero-order valence-electron chi connectivity index (χ0n) is 14.3. The molecule has 0 saturated carbocycles. The highest BCUT2D eigenvalue weighted by molar-refractivity contribution is 5.90. The van der Waals surface area contributed by atoms with Crippen LogP contribution in [-0.4, -0.2) is 42.1 Å². The molecule has 3 amide bonds. The SMILES string of the molecule is Cc1cc(NC(=O)N[C@H]2CNC(=O)C2)cnc1N1CCCC[C@@H]1C. The number of nitrogens with zero attached hydrogens (tertiary/aromatic N) is 2. The van der Waals surface area contributed by atoms with Crippen LogP contribution in [0.15, 0.2) is 12.3 Å². The lowest BCUT2D eigenvalue weighted by atomic mass is 10.0. The highest BCUT2D eigenvalue weighted by Crippen LogP contribution is 2.27. The molecule has 3 N–H and O–H groups in total. The number of urea groups is 1. The van der Waals surface area contributed by atoms with Gasteiger partial charge in [-0.1, -0.05) is 0 Å². The van der Waals surface area contributed by atoms with Crippen molar-refractivity contribution in [2.75, 3.05) is 23.3 Å². The molecule has 1 aromatic heterocycles. The van der Waals surface area contributed by atoms with Crippen LogP contribution in [0.4, 0.5) is 16.3 Å². The molecule has 0 unspecified atom stereocenters. The Morgan fingerprint density at radius 1 is 1.42 bits per heavy atom. The molecule has 2 aliphatic rings. The summed E-state index contributed by atoms with van der Waals surface area (Å²) in [6.07, 6.45) is 5.69. The molecule has 0 aliphatic carbocycles. The van der Waals surface area contributed by atoms with E-state index in [9.17, 15) is 9.59 Å². The van der Waals surface area contributed by atoms with Crippen molar-refractivity contribution in [3.63, 3.8) is 0 Å². The van der Waals surface area contributed by atoms with E-state index in [-0.39, 0.29) is 18.0 Å². The number of rotatable bonds is 3. The first kappa shape index (κ1) is 16.5. The van der Waals surface area contributed by atoms with Gasteiger partial charge in [-0.25, -0.2) is 9.78 Å². The van der Waals surface area contributed by atoms with Gasteiger partial charge in [0.25, 0.3) is 0 Å². The van der Waals surface area contributed by atoms with Crippen molar-refractivity contribution in [3.8, 4) is 0 Å². The molecular formula is C17H25N5O2. The summed E-state index contributed by atoms with van der Waals surface area (Å²) in [4.78, 5) is 30.1. The molecule has 0 radical (unpaired) electrons. The fourth-order valence-corrected chi connectivity index (χ4v) is 3.41. The molecule has 0 bridgehead atoms. The first-order chi connectivity index (χ1) is 11.5. The van der Waals surface area contributed by atoms with Crippen molar-refractivity contribution >= 4 is 23.4 Å². The average molecular weight is 331 g/mol. The minimum absolute atomic E-state index is 0.0298. The molecule has 2 atom stereocenters. The van der Waals surface area contributed by atoms with Gasteiger partial charge in [0.2, 0.25) is 5.91 Å². The van der Waals surface area contributed by atoms with Crippen molar-refractivity contribution in [2.45, 2.75) is 51.6 Å². The average Bonchev–Trinajstić information content (AvgIpc) is 2.93. The lowest BCUT2D eigenvalue weighted by Crippen LogP contribution is -2.39. The van der Waals surface area contributed by atoms with Crippen molar-refractivity contribution in [1.82, 2.24) is 15.6 Å². The second-order valence-corrected chi connectivity index (χ2v) is 6.71. The van der Waals surface area contributed by atoms with Crippen molar-refractivity contribution < 1.29 is 9.59 Å². The van der Waals surface area contributed by atoms with Crippen molar-refractivity contribution in [2.24, 2.45) is 0 Å². The molecule has 3 rings (SSSR count). The first-order valence-corrected chi connectivity index (χ1v) is 8.60. The Morgan fingerprint density at radius 2 is 2.25 bits per heavy atom. The second-order valence-electron chi connectivity index (χ2n) is 6.71. The molecule has 130 valence electrons. The summed E-state index contributed by atoms with van der Waals surface area (Å²) < 4.78 is 0. The Balaban J connectivity index is 1.61. The smallest absolute Gasteiger partial charge is 0.319 e. The molecule has 2 saturated heterocycles. The molecule has 7 heteroatoms. The van der Waals surface area contributed by atoms with Gasteiger partial charge < -0.3 is 20.9 Å². The van der Waals surface area contributed by atoms with Gasteiger partial charge in [0.15, 0.2) is 0 Å². The van der Waals surface area contributed by atoms with Crippen LogP contribution in [0, 0.1) is 6.92 Å². The zero-order valence-corrected chi connectivity index (χ0v) is 14.3. The molecule has 24 heavy (non-hydrogen) atoms. The molecule has 7 nitrogen and oxygen atoms in total. The Bertz CT molecular complexity index is 633. The van der Waals surface area contributed by atoms with Crippen LogP contribution < -0.4 is 20.9 Å². The topological polar surface area (TPSA) is 86.4 Å². The second kappa shape index (κ2) is 7.07.